The first kappa shape index (κ1) is 14.1. The smallest absolute Gasteiger partial charge is 0.120 e. The van der Waals surface area contributed by atoms with Crippen LogP contribution >= 0.6 is 0 Å². The van der Waals surface area contributed by atoms with Gasteiger partial charge >= 0.3 is 0 Å². The van der Waals surface area contributed by atoms with Gasteiger partial charge in [0, 0.05) is 12.4 Å². The maximum absolute atomic E-state index is 5.92. The highest BCUT2D eigenvalue weighted by atomic mass is 16.5. The van der Waals surface area contributed by atoms with Gasteiger partial charge in [0.2, 0.25) is 0 Å². The third-order valence-corrected chi connectivity index (χ3v) is 3.80. The Morgan fingerprint density at radius 2 is 2.19 bits per heavy atom. The van der Waals surface area contributed by atoms with E-state index in [2.05, 4.69) is 48.4 Å². The first-order valence-electron chi connectivity index (χ1n) is 7.68. The molecule has 3 heteroatoms. The van der Waals surface area contributed by atoms with Gasteiger partial charge in [-0.2, -0.15) is 0 Å². The van der Waals surface area contributed by atoms with E-state index in [1.807, 2.05) is 18.5 Å². The number of aryl methyl sites for hydroxylation is 1. The molecule has 0 amide bonds. The molecule has 1 aromatic carbocycles. The summed E-state index contributed by atoms with van der Waals surface area (Å²) >= 11 is 0. The molecule has 0 radical (unpaired) electrons. The monoisotopic (exact) mass is 282 g/mol. The fourth-order valence-corrected chi connectivity index (χ4v) is 2.57. The third-order valence-electron chi connectivity index (χ3n) is 3.80. The minimum atomic E-state index is 0.181. The van der Waals surface area contributed by atoms with Gasteiger partial charge in [0.05, 0.1) is 12.1 Å². The van der Waals surface area contributed by atoms with Crippen LogP contribution in [0.3, 0.4) is 0 Å². The van der Waals surface area contributed by atoms with Gasteiger partial charge in [-0.25, -0.2) is 0 Å². The molecule has 3 rings (SSSR count). The second-order valence-electron chi connectivity index (χ2n) is 5.61. The lowest BCUT2D eigenvalue weighted by Gasteiger charge is -2.21. The van der Waals surface area contributed by atoms with Gasteiger partial charge in [-0.3, -0.25) is 4.98 Å². The van der Waals surface area contributed by atoms with Gasteiger partial charge in [-0.1, -0.05) is 19.1 Å². The van der Waals surface area contributed by atoms with Crippen LogP contribution in [0.2, 0.25) is 0 Å². The zero-order valence-electron chi connectivity index (χ0n) is 12.7. The van der Waals surface area contributed by atoms with Gasteiger partial charge in [-0.05, 0) is 61.2 Å². The number of hydrogen-bond acceptors (Lipinski definition) is 3. The van der Waals surface area contributed by atoms with Crippen LogP contribution in [0.15, 0.2) is 42.7 Å². The van der Waals surface area contributed by atoms with Crippen LogP contribution in [-0.2, 0) is 0 Å². The van der Waals surface area contributed by atoms with Crippen molar-refractivity contribution in [2.24, 2.45) is 0 Å². The maximum Gasteiger partial charge on any atom is 0.120 e. The van der Waals surface area contributed by atoms with E-state index in [4.69, 9.17) is 4.74 Å². The highest BCUT2D eigenvalue weighted by Gasteiger charge is 2.24. The van der Waals surface area contributed by atoms with Gasteiger partial charge in [0.1, 0.15) is 5.75 Å². The van der Waals surface area contributed by atoms with Crippen molar-refractivity contribution in [2.75, 3.05) is 6.54 Å². The van der Waals surface area contributed by atoms with E-state index in [0.717, 1.165) is 12.3 Å². The predicted octanol–water partition coefficient (Wildman–Crippen LogP) is 3.63. The summed E-state index contributed by atoms with van der Waals surface area (Å²) in [6.45, 7) is 5.16. The molecule has 1 aliphatic rings. The molecule has 0 saturated heterocycles. The minimum Gasteiger partial charge on any atom is -0.490 e. The molecule has 110 valence electrons. The molecular formula is C18H22N2O. The zero-order valence-corrected chi connectivity index (χ0v) is 12.7. The molecule has 1 unspecified atom stereocenters. The van der Waals surface area contributed by atoms with Crippen molar-refractivity contribution in [3.05, 3.63) is 59.4 Å². The van der Waals surface area contributed by atoms with Crippen molar-refractivity contribution in [3.63, 3.8) is 0 Å². The Morgan fingerprint density at radius 3 is 2.90 bits per heavy atom. The highest BCUT2D eigenvalue weighted by Crippen LogP contribution is 2.30. The van der Waals surface area contributed by atoms with E-state index >= 15 is 0 Å². The van der Waals surface area contributed by atoms with E-state index in [0.29, 0.717) is 6.10 Å². The minimum absolute atomic E-state index is 0.181. The Balaban J connectivity index is 1.91. The molecule has 1 aromatic heterocycles. The second kappa shape index (κ2) is 6.27. The molecule has 2 aromatic rings. The maximum atomic E-state index is 5.92. The number of hydrogen-bond donors (Lipinski definition) is 1. The van der Waals surface area contributed by atoms with Crippen LogP contribution in [-0.4, -0.2) is 17.6 Å². The zero-order chi connectivity index (χ0) is 14.7. The van der Waals surface area contributed by atoms with Crippen LogP contribution in [0.5, 0.6) is 5.75 Å². The first-order chi connectivity index (χ1) is 10.3. The van der Waals surface area contributed by atoms with Crippen molar-refractivity contribution in [3.8, 4) is 5.75 Å². The Bertz CT molecular complexity index is 608. The molecule has 1 atom stereocenters. The molecule has 1 saturated carbocycles. The topological polar surface area (TPSA) is 34.1 Å². The fraction of sp³-hybridized carbons (Fsp3) is 0.389. The molecule has 0 bridgehead atoms. The van der Waals surface area contributed by atoms with E-state index in [1.54, 1.807) is 0 Å². The van der Waals surface area contributed by atoms with Crippen LogP contribution in [0.4, 0.5) is 0 Å². The Labute approximate surface area is 126 Å². The SMILES string of the molecule is CCNC(c1cccc(OC2CC2)c1)c1ccncc1C. The van der Waals surface area contributed by atoms with Gasteiger partial charge in [0.25, 0.3) is 0 Å². The number of nitrogens with zero attached hydrogens (tertiary/aromatic N) is 1. The molecule has 1 N–H and O–H groups in total. The lowest BCUT2D eigenvalue weighted by molar-refractivity contribution is 0.302. The Hall–Kier alpha value is -1.87. The lowest BCUT2D eigenvalue weighted by atomic mass is 9.96. The number of pyridine rings is 1. The number of aromatic nitrogens is 1. The summed E-state index contributed by atoms with van der Waals surface area (Å²) in [5.41, 5.74) is 3.72. The largest absolute Gasteiger partial charge is 0.490 e. The summed E-state index contributed by atoms with van der Waals surface area (Å²) in [5, 5.41) is 3.57. The average molecular weight is 282 g/mol. The van der Waals surface area contributed by atoms with E-state index in [9.17, 15) is 0 Å². The summed E-state index contributed by atoms with van der Waals surface area (Å²) in [6, 6.07) is 10.7. The lowest BCUT2D eigenvalue weighted by Crippen LogP contribution is -2.22. The van der Waals surface area contributed by atoms with Crippen LogP contribution in [0.1, 0.15) is 42.5 Å². The number of benzene rings is 1. The third kappa shape index (κ3) is 3.42. The van der Waals surface area contributed by atoms with Crippen LogP contribution in [0, 0.1) is 6.92 Å². The normalized spacial score (nSPS) is 15.7. The van der Waals surface area contributed by atoms with Crippen LogP contribution in [0.25, 0.3) is 0 Å². The Kier molecular flexibility index (Phi) is 4.20. The quantitative estimate of drug-likeness (QED) is 0.878. The molecule has 3 nitrogen and oxygen atoms in total. The molecule has 0 spiro atoms. The number of nitrogens with one attached hydrogen (secondary N) is 1. The summed E-state index contributed by atoms with van der Waals surface area (Å²) in [7, 11) is 0. The Morgan fingerprint density at radius 1 is 1.33 bits per heavy atom. The summed E-state index contributed by atoms with van der Waals surface area (Å²) in [6.07, 6.45) is 6.58. The van der Waals surface area contributed by atoms with Crippen LogP contribution < -0.4 is 10.1 Å². The molecule has 21 heavy (non-hydrogen) atoms. The highest BCUT2D eigenvalue weighted by molar-refractivity contribution is 5.39. The molecule has 0 aliphatic heterocycles. The van der Waals surface area contributed by atoms with Gasteiger partial charge in [0.15, 0.2) is 0 Å². The van der Waals surface area contributed by atoms with Crippen molar-refractivity contribution >= 4 is 0 Å². The molecule has 1 aliphatic carbocycles. The summed E-state index contributed by atoms with van der Waals surface area (Å²) in [5.74, 6) is 0.976. The van der Waals surface area contributed by atoms with Gasteiger partial charge < -0.3 is 10.1 Å². The predicted molar refractivity (Wildman–Crippen MR) is 84.6 cm³/mol. The van der Waals surface area contributed by atoms with Crippen molar-refractivity contribution in [2.45, 2.75) is 38.8 Å². The number of ether oxygens (including phenoxy) is 1. The summed E-state index contributed by atoms with van der Waals surface area (Å²) in [4.78, 5) is 4.19. The molecule has 1 fully saturated rings. The van der Waals surface area contributed by atoms with E-state index in [-0.39, 0.29) is 6.04 Å². The summed E-state index contributed by atoms with van der Waals surface area (Å²) < 4.78 is 5.92. The molecule has 1 heterocycles. The second-order valence-corrected chi connectivity index (χ2v) is 5.61. The molecular weight excluding hydrogens is 260 g/mol. The van der Waals surface area contributed by atoms with Gasteiger partial charge in [-0.15, -0.1) is 0 Å². The van der Waals surface area contributed by atoms with E-state index in [1.165, 1.54) is 29.5 Å². The van der Waals surface area contributed by atoms with Crippen molar-refractivity contribution in [1.29, 1.82) is 0 Å². The standard InChI is InChI=1S/C18H22N2O/c1-3-20-18(17-9-10-19-12-13(17)2)14-5-4-6-16(11-14)21-15-7-8-15/h4-6,9-12,15,18,20H,3,7-8H2,1-2H3. The average Bonchev–Trinajstić information content (AvgIpc) is 3.30. The van der Waals surface area contributed by atoms with Crippen molar-refractivity contribution < 1.29 is 4.74 Å². The number of rotatable bonds is 6. The van der Waals surface area contributed by atoms with Crippen molar-refractivity contribution in [1.82, 2.24) is 10.3 Å². The van der Waals surface area contributed by atoms with E-state index < -0.39 is 0 Å². The first-order valence-corrected chi connectivity index (χ1v) is 7.68. The fourth-order valence-electron chi connectivity index (χ4n) is 2.57.